The maximum atomic E-state index is 13.0. The number of carbonyl (C=O) groups excluding carboxylic acids is 1. The van der Waals surface area contributed by atoms with Gasteiger partial charge in [-0.15, -0.1) is 0 Å². The smallest absolute Gasteiger partial charge is 0.164 e. The fourth-order valence-electron chi connectivity index (χ4n) is 3.33. The molecule has 6 nitrogen and oxygen atoms in total. The van der Waals surface area contributed by atoms with Crippen molar-refractivity contribution in [2.75, 3.05) is 0 Å². The molecular weight excluding hydrogens is 386 g/mol. The number of benzene rings is 1. The van der Waals surface area contributed by atoms with Crippen molar-refractivity contribution < 1.29 is 4.79 Å². The second-order valence-electron chi connectivity index (χ2n) is 7.21. The predicted octanol–water partition coefficient (Wildman–Crippen LogP) is 4.28. The molecule has 0 aliphatic heterocycles. The molecule has 0 radical (unpaired) electrons. The number of ketones is 1. The van der Waals surface area contributed by atoms with Crippen molar-refractivity contribution >= 4 is 17.4 Å². The van der Waals surface area contributed by atoms with E-state index in [0.29, 0.717) is 5.02 Å². The molecule has 0 fully saturated rings. The minimum atomic E-state index is -1.01. The van der Waals surface area contributed by atoms with Gasteiger partial charge in [0.25, 0.3) is 0 Å². The Bertz CT molecular complexity index is 1120. The number of Topliss-reactive ketones (excluding diaryl/α,β-unsaturated/α-hetero) is 1. The number of nitrogens with zero attached hydrogens (tertiary/aromatic N) is 5. The molecular formula is C22H22ClN5O. The molecule has 1 unspecified atom stereocenters. The number of aromatic nitrogens is 4. The number of hydrogen-bond donors (Lipinski definition) is 0. The molecule has 0 amide bonds. The van der Waals surface area contributed by atoms with Crippen molar-refractivity contribution in [2.24, 2.45) is 0 Å². The van der Waals surface area contributed by atoms with Crippen LogP contribution in [-0.4, -0.2) is 25.5 Å². The second-order valence-corrected chi connectivity index (χ2v) is 7.62. The molecule has 3 rings (SSSR count). The van der Waals surface area contributed by atoms with Gasteiger partial charge in [0.1, 0.15) is 0 Å². The number of hydrogen-bond acceptors (Lipinski definition) is 5. The van der Waals surface area contributed by atoms with Gasteiger partial charge in [-0.2, -0.15) is 10.4 Å². The van der Waals surface area contributed by atoms with E-state index in [1.54, 1.807) is 4.68 Å². The van der Waals surface area contributed by atoms with E-state index in [1.165, 1.54) is 0 Å². The second kappa shape index (κ2) is 8.14. The van der Waals surface area contributed by atoms with Crippen LogP contribution in [0.4, 0.5) is 0 Å². The molecule has 148 valence electrons. The highest BCUT2D eigenvalue weighted by Crippen LogP contribution is 2.24. The molecule has 0 saturated carbocycles. The molecule has 2 aromatic heterocycles. The average molecular weight is 408 g/mol. The van der Waals surface area contributed by atoms with Gasteiger partial charge in [0.2, 0.25) is 0 Å². The molecule has 7 heteroatoms. The zero-order valence-electron chi connectivity index (χ0n) is 17.1. The Morgan fingerprint density at radius 1 is 1.14 bits per heavy atom. The molecule has 0 N–H and O–H groups in total. The highest BCUT2D eigenvalue weighted by Gasteiger charge is 2.26. The molecule has 2 heterocycles. The summed E-state index contributed by atoms with van der Waals surface area (Å²) in [5.41, 5.74) is 5.66. The standard InChI is InChI=1S/C22H22ClN5O/c1-12-6-7-17(9-20(12)23)28-16(5)18(15(4)27-28)10-21(29)19(11-24)22-25-13(2)8-14(3)26-22/h6-9,19H,10H2,1-5H3. The van der Waals surface area contributed by atoms with Gasteiger partial charge in [0.05, 0.1) is 17.5 Å². The summed E-state index contributed by atoms with van der Waals surface area (Å²) >= 11 is 6.26. The first-order valence-corrected chi connectivity index (χ1v) is 9.65. The van der Waals surface area contributed by atoms with E-state index in [1.807, 2.05) is 58.9 Å². The van der Waals surface area contributed by atoms with Crippen LogP contribution >= 0.6 is 11.6 Å². The van der Waals surface area contributed by atoms with Crippen LogP contribution in [0.3, 0.4) is 0 Å². The summed E-state index contributed by atoms with van der Waals surface area (Å²) < 4.78 is 1.78. The zero-order chi connectivity index (χ0) is 21.3. The minimum absolute atomic E-state index is 0.0891. The van der Waals surface area contributed by atoms with Gasteiger partial charge in [-0.3, -0.25) is 4.79 Å². The van der Waals surface area contributed by atoms with E-state index in [9.17, 15) is 10.1 Å². The maximum Gasteiger partial charge on any atom is 0.164 e. The first kappa shape index (κ1) is 20.7. The van der Waals surface area contributed by atoms with E-state index in [0.717, 1.165) is 39.6 Å². The number of aryl methyl sites for hydroxylation is 4. The van der Waals surface area contributed by atoms with E-state index in [2.05, 4.69) is 21.1 Å². The van der Waals surface area contributed by atoms with Gasteiger partial charge in [0, 0.05) is 34.1 Å². The monoisotopic (exact) mass is 407 g/mol. The lowest BCUT2D eigenvalue weighted by Crippen LogP contribution is -2.18. The predicted molar refractivity (Wildman–Crippen MR) is 111 cm³/mol. The third kappa shape index (κ3) is 4.20. The van der Waals surface area contributed by atoms with Crippen molar-refractivity contribution in [2.45, 2.75) is 47.0 Å². The van der Waals surface area contributed by atoms with Gasteiger partial charge in [-0.1, -0.05) is 17.7 Å². The summed E-state index contributed by atoms with van der Waals surface area (Å²) in [5, 5.41) is 14.8. The topological polar surface area (TPSA) is 84.5 Å². The van der Waals surface area contributed by atoms with Crippen LogP contribution in [0.15, 0.2) is 24.3 Å². The van der Waals surface area contributed by atoms with Crippen molar-refractivity contribution in [1.82, 2.24) is 19.7 Å². The minimum Gasteiger partial charge on any atom is -0.297 e. The molecule has 0 aliphatic rings. The Morgan fingerprint density at radius 3 is 2.38 bits per heavy atom. The first-order valence-electron chi connectivity index (χ1n) is 9.27. The normalized spacial score (nSPS) is 11.9. The van der Waals surface area contributed by atoms with E-state index in [-0.39, 0.29) is 18.0 Å². The lowest BCUT2D eigenvalue weighted by atomic mass is 9.97. The third-order valence-electron chi connectivity index (χ3n) is 4.90. The summed E-state index contributed by atoms with van der Waals surface area (Å²) in [4.78, 5) is 21.5. The molecule has 0 bridgehead atoms. The first-order chi connectivity index (χ1) is 13.7. The molecule has 0 spiro atoms. The van der Waals surface area contributed by atoms with Gasteiger partial charge < -0.3 is 0 Å². The van der Waals surface area contributed by atoms with Crippen LogP contribution in [-0.2, 0) is 11.2 Å². The lowest BCUT2D eigenvalue weighted by Gasteiger charge is -2.10. The van der Waals surface area contributed by atoms with Crippen molar-refractivity contribution in [3.8, 4) is 11.8 Å². The molecule has 29 heavy (non-hydrogen) atoms. The van der Waals surface area contributed by atoms with Crippen molar-refractivity contribution in [3.63, 3.8) is 0 Å². The van der Waals surface area contributed by atoms with Gasteiger partial charge in [-0.25, -0.2) is 14.6 Å². The van der Waals surface area contributed by atoms with E-state index >= 15 is 0 Å². The molecule has 3 aromatic rings. The Hall–Kier alpha value is -3.04. The third-order valence-corrected chi connectivity index (χ3v) is 5.31. The van der Waals surface area contributed by atoms with Crippen molar-refractivity contribution in [1.29, 1.82) is 5.26 Å². The molecule has 1 atom stereocenters. The SMILES string of the molecule is Cc1cc(C)nc(C(C#N)C(=O)Cc2c(C)nn(-c3ccc(C)c(Cl)c3)c2C)n1. The van der Waals surface area contributed by atoms with E-state index in [4.69, 9.17) is 11.6 Å². The van der Waals surface area contributed by atoms with Crippen LogP contribution < -0.4 is 0 Å². The summed E-state index contributed by atoms with van der Waals surface area (Å²) in [7, 11) is 0. The quantitative estimate of drug-likeness (QED) is 0.630. The van der Waals surface area contributed by atoms with Crippen LogP contribution in [0.1, 0.15) is 45.6 Å². The average Bonchev–Trinajstić information content (AvgIpc) is 2.92. The summed E-state index contributed by atoms with van der Waals surface area (Å²) in [6, 6.07) is 9.60. The van der Waals surface area contributed by atoms with E-state index < -0.39 is 5.92 Å². The van der Waals surface area contributed by atoms with Crippen LogP contribution in [0, 0.1) is 45.9 Å². The Labute approximate surface area is 175 Å². The van der Waals surface area contributed by atoms with Gasteiger partial charge in [-0.05, 0) is 58.4 Å². The largest absolute Gasteiger partial charge is 0.297 e. The Balaban J connectivity index is 1.93. The summed E-state index contributed by atoms with van der Waals surface area (Å²) in [5.74, 6) is -1.00. The fraction of sp³-hybridized carbons (Fsp3) is 0.318. The van der Waals surface area contributed by atoms with Crippen LogP contribution in [0.5, 0.6) is 0 Å². The van der Waals surface area contributed by atoms with Crippen molar-refractivity contribution in [3.05, 3.63) is 69.0 Å². The summed E-state index contributed by atoms with van der Waals surface area (Å²) in [6.07, 6.45) is 0.0891. The highest BCUT2D eigenvalue weighted by molar-refractivity contribution is 6.31. The summed E-state index contributed by atoms with van der Waals surface area (Å²) in [6.45, 7) is 9.35. The number of rotatable bonds is 5. The number of nitriles is 1. The molecule has 1 aromatic carbocycles. The maximum absolute atomic E-state index is 13.0. The van der Waals surface area contributed by atoms with Crippen LogP contribution in [0.25, 0.3) is 5.69 Å². The molecule has 0 saturated heterocycles. The number of carbonyl (C=O) groups is 1. The Morgan fingerprint density at radius 2 is 1.79 bits per heavy atom. The molecule has 0 aliphatic carbocycles. The zero-order valence-corrected chi connectivity index (χ0v) is 17.9. The van der Waals surface area contributed by atoms with Gasteiger partial charge in [0.15, 0.2) is 17.5 Å². The highest BCUT2D eigenvalue weighted by atomic mass is 35.5. The lowest BCUT2D eigenvalue weighted by molar-refractivity contribution is -0.118. The fourth-order valence-corrected chi connectivity index (χ4v) is 3.50. The Kier molecular flexibility index (Phi) is 5.81. The van der Waals surface area contributed by atoms with Gasteiger partial charge >= 0.3 is 0 Å². The number of halogens is 1. The van der Waals surface area contributed by atoms with Crippen LogP contribution in [0.2, 0.25) is 5.02 Å².